The first kappa shape index (κ1) is 18.1. The van der Waals surface area contributed by atoms with E-state index in [1.807, 2.05) is 6.07 Å². The molecule has 2 aromatic carbocycles. The van der Waals surface area contributed by atoms with Crippen molar-refractivity contribution >= 4 is 16.7 Å². The van der Waals surface area contributed by atoms with Gasteiger partial charge < -0.3 is 20.0 Å². The molecule has 3 N–H and O–H groups in total. The Morgan fingerprint density at radius 2 is 2.07 bits per heavy atom. The number of phenols is 1. The van der Waals surface area contributed by atoms with Gasteiger partial charge in [-0.15, -0.1) is 0 Å². The Kier molecular flexibility index (Phi) is 3.98. The number of hydrogen-bond acceptors (Lipinski definition) is 8. The Labute approximate surface area is 163 Å². The summed E-state index contributed by atoms with van der Waals surface area (Å²) < 4.78 is 10.8. The number of fused-ring (bicyclic) bond motifs is 3. The number of nitro benzene ring substituents is 1. The summed E-state index contributed by atoms with van der Waals surface area (Å²) >= 11 is 0. The first-order chi connectivity index (χ1) is 13.8. The molecule has 0 aliphatic carbocycles. The van der Waals surface area contributed by atoms with E-state index in [2.05, 4.69) is 0 Å². The third-order valence-corrected chi connectivity index (χ3v) is 4.79. The molecule has 3 aromatic rings. The number of nitrogens with two attached hydrogens (primary N) is 1. The van der Waals surface area contributed by atoms with Crippen LogP contribution in [-0.2, 0) is 0 Å². The van der Waals surface area contributed by atoms with Crippen LogP contribution in [-0.4, -0.2) is 10.0 Å². The van der Waals surface area contributed by atoms with Crippen LogP contribution in [0.1, 0.15) is 22.6 Å². The van der Waals surface area contributed by atoms with Crippen molar-refractivity contribution in [3.63, 3.8) is 0 Å². The van der Waals surface area contributed by atoms with Gasteiger partial charge in [-0.3, -0.25) is 10.1 Å². The quantitative estimate of drug-likeness (QED) is 0.384. The molecule has 4 rings (SSSR count). The van der Waals surface area contributed by atoms with E-state index in [4.69, 9.17) is 14.9 Å². The van der Waals surface area contributed by atoms with Gasteiger partial charge in [0.2, 0.25) is 5.88 Å². The number of nitro groups is 1. The van der Waals surface area contributed by atoms with Crippen molar-refractivity contribution in [3.8, 4) is 17.6 Å². The summed E-state index contributed by atoms with van der Waals surface area (Å²) in [5.41, 5.74) is 6.42. The number of ether oxygens (including phenoxy) is 1. The first-order valence-electron chi connectivity index (χ1n) is 8.44. The molecule has 144 valence electrons. The molecule has 0 fully saturated rings. The monoisotopic (exact) mass is 391 g/mol. The Balaban J connectivity index is 2.10. The van der Waals surface area contributed by atoms with Crippen molar-refractivity contribution < 1.29 is 19.2 Å². The Morgan fingerprint density at radius 3 is 2.76 bits per heavy atom. The van der Waals surface area contributed by atoms with Gasteiger partial charge in [0.1, 0.15) is 28.7 Å². The van der Waals surface area contributed by atoms with Crippen molar-refractivity contribution in [2.45, 2.75) is 12.8 Å². The van der Waals surface area contributed by atoms with E-state index < -0.39 is 16.5 Å². The maximum Gasteiger partial charge on any atom is 0.336 e. The summed E-state index contributed by atoms with van der Waals surface area (Å²) in [4.78, 5) is 22.4. The lowest BCUT2D eigenvalue weighted by Crippen LogP contribution is -2.21. The van der Waals surface area contributed by atoms with Gasteiger partial charge in [0.05, 0.1) is 21.8 Å². The third kappa shape index (κ3) is 2.74. The van der Waals surface area contributed by atoms with Crippen LogP contribution in [0.15, 0.2) is 57.1 Å². The van der Waals surface area contributed by atoms with E-state index in [-0.39, 0.29) is 39.8 Å². The highest BCUT2D eigenvalue weighted by Gasteiger charge is 2.36. The normalized spacial score (nSPS) is 15.5. The first-order valence-corrected chi connectivity index (χ1v) is 8.44. The van der Waals surface area contributed by atoms with Gasteiger partial charge in [-0.05, 0) is 18.1 Å². The SMILES string of the molecule is Cc1cc(=O)oc2cc(O)c3c(c12)OC(N)=C(C#N)C3c1cccc([N+](=O)[O-])c1. The lowest BCUT2D eigenvalue weighted by atomic mass is 9.82. The third-order valence-electron chi connectivity index (χ3n) is 4.79. The van der Waals surface area contributed by atoms with E-state index in [0.717, 1.165) is 0 Å². The average molecular weight is 391 g/mol. The molecule has 1 aliphatic heterocycles. The molecule has 0 saturated heterocycles. The topological polar surface area (TPSA) is 153 Å². The molecule has 0 amide bonds. The van der Waals surface area contributed by atoms with E-state index in [9.17, 15) is 25.3 Å². The minimum absolute atomic E-state index is 0.00249. The number of allylic oxidation sites excluding steroid dienone is 1. The van der Waals surface area contributed by atoms with Crippen LogP contribution in [0.4, 0.5) is 5.69 Å². The number of nitriles is 1. The fourth-order valence-corrected chi connectivity index (χ4v) is 3.59. The molecular formula is C20H13N3O6. The van der Waals surface area contributed by atoms with Crippen molar-refractivity contribution in [2.24, 2.45) is 5.73 Å². The maximum atomic E-state index is 11.7. The number of phenolic OH excluding ortho intramolecular Hbond substituents is 1. The minimum atomic E-state index is -0.903. The molecule has 1 atom stereocenters. The van der Waals surface area contributed by atoms with Crippen LogP contribution in [0.2, 0.25) is 0 Å². The molecule has 1 aromatic heterocycles. The summed E-state index contributed by atoms with van der Waals surface area (Å²) in [6.07, 6.45) is 0. The van der Waals surface area contributed by atoms with Crippen LogP contribution < -0.4 is 16.1 Å². The zero-order chi connectivity index (χ0) is 20.9. The van der Waals surface area contributed by atoms with E-state index >= 15 is 0 Å². The molecule has 29 heavy (non-hydrogen) atoms. The molecular weight excluding hydrogens is 378 g/mol. The predicted octanol–water partition coefficient (Wildman–Crippen LogP) is 2.93. The number of benzene rings is 2. The molecule has 0 radical (unpaired) electrons. The molecule has 2 heterocycles. The van der Waals surface area contributed by atoms with Crippen LogP contribution >= 0.6 is 0 Å². The number of aryl methyl sites for hydroxylation is 1. The summed E-state index contributed by atoms with van der Waals surface area (Å²) in [5.74, 6) is -1.26. The second-order valence-corrected chi connectivity index (χ2v) is 6.54. The second-order valence-electron chi connectivity index (χ2n) is 6.54. The fraction of sp³-hybridized carbons (Fsp3) is 0.100. The lowest BCUT2D eigenvalue weighted by Gasteiger charge is -2.28. The molecule has 9 nitrogen and oxygen atoms in total. The largest absolute Gasteiger partial charge is 0.507 e. The molecule has 0 bridgehead atoms. The number of aromatic hydroxyl groups is 1. The zero-order valence-electron chi connectivity index (χ0n) is 15.0. The van der Waals surface area contributed by atoms with Gasteiger partial charge in [0, 0.05) is 24.3 Å². The van der Waals surface area contributed by atoms with Gasteiger partial charge in [-0.25, -0.2) is 4.79 Å². The van der Waals surface area contributed by atoms with Crippen molar-refractivity contribution in [1.29, 1.82) is 5.26 Å². The van der Waals surface area contributed by atoms with Crippen LogP contribution in [0, 0.1) is 28.4 Å². The van der Waals surface area contributed by atoms with Crippen LogP contribution in [0.5, 0.6) is 11.5 Å². The zero-order valence-corrected chi connectivity index (χ0v) is 15.0. The fourth-order valence-electron chi connectivity index (χ4n) is 3.59. The van der Waals surface area contributed by atoms with Crippen LogP contribution in [0.25, 0.3) is 11.0 Å². The average Bonchev–Trinajstić information content (AvgIpc) is 2.66. The molecule has 1 unspecified atom stereocenters. The summed E-state index contributed by atoms with van der Waals surface area (Å²) in [5, 5.41) is 32.0. The summed E-state index contributed by atoms with van der Waals surface area (Å²) in [7, 11) is 0. The number of hydrogen-bond donors (Lipinski definition) is 2. The van der Waals surface area contributed by atoms with Crippen molar-refractivity contribution in [1.82, 2.24) is 0 Å². The summed E-state index contributed by atoms with van der Waals surface area (Å²) in [6, 6.07) is 10.2. The van der Waals surface area contributed by atoms with Crippen LogP contribution in [0.3, 0.4) is 0 Å². The smallest absolute Gasteiger partial charge is 0.336 e. The standard InChI is InChI=1S/C20H13N3O6/c1-9-5-15(25)28-14-7-13(24)18-17(10-3-2-4-11(6-10)23(26)27)12(8-21)20(22)29-19(18)16(9)14/h2-7,17,24H,22H2,1H3. The highest BCUT2D eigenvalue weighted by atomic mass is 16.6. The lowest BCUT2D eigenvalue weighted by molar-refractivity contribution is -0.384. The molecule has 1 aliphatic rings. The van der Waals surface area contributed by atoms with E-state index in [0.29, 0.717) is 16.5 Å². The van der Waals surface area contributed by atoms with Gasteiger partial charge in [-0.2, -0.15) is 5.26 Å². The Hall–Kier alpha value is -4.32. The second kappa shape index (κ2) is 6.38. The highest BCUT2D eigenvalue weighted by Crippen LogP contribution is 2.50. The summed E-state index contributed by atoms with van der Waals surface area (Å²) in [6.45, 7) is 1.67. The Bertz CT molecular complexity index is 1330. The number of rotatable bonds is 2. The molecule has 0 saturated carbocycles. The maximum absolute atomic E-state index is 11.7. The minimum Gasteiger partial charge on any atom is -0.507 e. The van der Waals surface area contributed by atoms with E-state index in [1.54, 1.807) is 13.0 Å². The van der Waals surface area contributed by atoms with Crippen molar-refractivity contribution in [2.75, 3.05) is 0 Å². The Morgan fingerprint density at radius 1 is 1.31 bits per heavy atom. The molecule has 0 spiro atoms. The van der Waals surface area contributed by atoms with Gasteiger partial charge >= 0.3 is 5.63 Å². The number of non-ortho nitro benzene ring substituents is 1. The molecule has 9 heteroatoms. The highest BCUT2D eigenvalue weighted by molar-refractivity contribution is 5.91. The predicted molar refractivity (Wildman–Crippen MR) is 101 cm³/mol. The number of nitrogens with zero attached hydrogens (tertiary/aromatic N) is 2. The van der Waals surface area contributed by atoms with Gasteiger partial charge in [0.15, 0.2) is 0 Å². The van der Waals surface area contributed by atoms with Crippen molar-refractivity contribution in [3.05, 3.63) is 85.1 Å². The van der Waals surface area contributed by atoms with Gasteiger partial charge in [0.25, 0.3) is 5.69 Å². The van der Waals surface area contributed by atoms with E-state index in [1.165, 1.54) is 30.3 Å². The van der Waals surface area contributed by atoms with Gasteiger partial charge in [-0.1, -0.05) is 12.1 Å².